The minimum atomic E-state index is -0.355. The standard InChI is InChI=1S/C8H14N4O2/c1-3-14-5(2)11-8-10-4-6(9)7(13)12-8/h4-5H,3,9H2,1-2H3,(H2,10,11,12,13). The van der Waals surface area contributed by atoms with Gasteiger partial charge in [-0.25, -0.2) is 4.98 Å². The maximum atomic E-state index is 11.1. The molecule has 1 atom stereocenters. The van der Waals surface area contributed by atoms with Gasteiger partial charge in [0.25, 0.3) is 5.56 Å². The summed E-state index contributed by atoms with van der Waals surface area (Å²) in [6.07, 6.45) is 1.10. The fourth-order valence-corrected chi connectivity index (χ4v) is 0.962. The van der Waals surface area contributed by atoms with Gasteiger partial charge in [0, 0.05) is 6.61 Å². The molecule has 6 heteroatoms. The molecule has 1 heterocycles. The lowest BCUT2D eigenvalue weighted by Crippen LogP contribution is -2.23. The van der Waals surface area contributed by atoms with Gasteiger partial charge in [0.05, 0.1) is 6.20 Å². The van der Waals surface area contributed by atoms with Gasteiger partial charge < -0.3 is 15.8 Å². The fourth-order valence-electron chi connectivity index (χ4n) is 0.962. The first-order valence-electron chi connectivity index (χ1n) is 4.36. The highest BCUT2D eigenvalue weighted by Gasteiger charge is 2.03. The van der Waals surface area contributed by atoms with Gasteiger partial charge in [0.2, 0.25) is 5.95 Å². The average molecular weight is 198 g/mol. The van der Waals surface area contributed by atoms with Crippen molar-refractivity contribution in [2.24, 2.45) is 0 Å². The normalized spacial score (nSPS) is 12.4. The number of aromatic amines is 1. The highest BCUT2D eigenvalue weighted by Crippen LogP contribution is 1.99. The van der Waals surface area contributed by atoms with Crippen molar-refractivity contribution < 1.29 is 4.74 Å². The minimum absolute atomic E-state index is 0.0969. The molecule has 0 radical (unpaired) electrons. The zero-order chi connectivity index (χ0) is 10.6. The summed E-state index contributed by atoms with van der Waals surface area (Å²) in [6.45, 7) is 4.30. The van der Waals surface area contributed by atoms with Gasteiger partial charge >= 0.3 is 0 Å². The van der Waals surface area contributed by atoms with Gasteiger partial charge in [-0.05, 0) is 13.8 Å². The Morgan fingerprint density at radius 1 is 1.79 bits per heavy atom. The van der Waals surface area contributed by atoms with Crippen LogP contribution in [0.4, 0.5) is 11.6 Å². The fraction of sp³-hybridized carbons (Fsp3) is 0.500. The third kappa shape index (κ3) is 2.74. The molecule has 0 aromatic carbocycles. The highest BCUT2D eigenvalue weighted by atomic mass is 16.5. The van der Waals surface area contributed by atoms with Crippen LogP contribution in [-0.2, 0) is 4.74 Å². The Morgan fingerprint density at radius 2 is 2.50 bits per heavy atom. The van der Waals surface area contributed by atoms with Crippen molar-refractivity contribution in [2.75, 3.05) is 17.7 Å². The van der Waals surface area contributed by atoms with Crippen molar-refractivity contribution in [1.29, 1.82) is 0 Å². The summed E-state index contributed by atoms with van der Waals surface area (Å²) in [6, 6.07) is 0. The second-order valence-electron chi connectivity index (χ2n) is 2.76. The topological polar surface area (TPSA) is 93.0 Å². The molecular weight excluding hydrogens is 184 g/mol. The van der Waals surface area contributed by atoms with E-state index in [2.05, 4.69) is 15.3 Å². The third-order valence-electron chi connectivity index (χ3n) is 1.58. The van der Waals surface area contributed by atoms with Gasteiger partial charge in [0.15, 0.2) is 0 Å². The quantitative estimate of drug-likeness (QED) is 0.599. The van der Waals surface area contributed by atoms with Crippen LogP contribution in [0.3, 0.4) is 0 Å². The zero-order valence-corrected chi connectivity index (χ0v) is 8.20. The molecule has 1 aromatic heterocycles. The number of hydrogen-bond acceptors (Lipinski definition) is 5. The van der Waals surface area contributed by atoms with E-state index in [1.165, 1.54) is 6.20 Å². The monoisotopic (exact) mass is 198 g/mol. The first-order chi connectivity index (χ1) is 6.63. The van der Waals surface area contributed by atoms with Crippen LogP contribution in [0.5, 0.6) is 0 Å². The molecule has 6 nitrogen and oxygen atoms in total. The van der Waals surface area contributed by atoms with E-state index in [1.54, 1.807) is 0 Å². The molecule has 0 fully saturated rings. The van der Waals surface area contributed by atoms with Gasteiger partial charge in [-0.1, -0.05) is 0 Å². The molecule has 1 unspecified atom stereocenters. The molecule has 14 heavy (non-hydrogen) atoms. The maximum absolute atomic E-state index is 11.1. The molecule has 0 amide bonds. The lowest BCUT2D eigenvalue weighted by atomic mass is 10.5. The van der Waals surface area contributed by atoms with Crippen molar-refractivity contribution in [3.05, 3.63) is 16.6 Å². The summed E-state index contributed by atoms with van der Waals surface area (Å²) in [4.78, 5) is 17.4. The molecule has 0 aliphatic heterocycles. The Morgan fingerprint density at radius 3 is 3.07 bits per heavy atom. The van der Waals surface area contributed by atoms with E-state index in [4.69, 9.17) is 10.5 Å². The van der Waals surface area contributed by atoms with Gasteiger partial charge in [-0.3, -0.25) is 9.78 Å². The molecule has 0 saturated carbocycles. The number of nitrogen functional groups attached to an aromatic ring is 1. The number of aromatic nitrogens is 2. The predicted octanol–water partition coefficient (Wildman–Crippen LogP) is 0.147. The van der Waals surface area contributed by atoms with Crippen LogP contribution in [0.2, 0.25) is 0 Å². The third-order valence-corrected chi connectivity index (χ3v) is 1.58. The Hall–Kier alpha value is -1.56. The molecular formula is C8H14N4O2. The Kier molecular flexibility index (Phi) is 3.47. The Bertz CT molecular complexity index is 349. The number of nitrogens with one attached hydrogen (secondary N) is 2. The van der Waals surface area contributed by atoms with Crippen molar-refractivity contribution >= 4 is 11.6 Å². The zero-order valence-electron chi connectivity index (χ0n) is 8.20. The molecule has 0 spiro atoms. The summed E-state index contributed by atoms with van der Waals surface area (Å²) < 4.78 is 5.21. The number of H-pyrrole nitrogens is 1. The number of ether oxygens (including phenoxy) is 1. The summed E-state index contributed by atoms with van der Waals surface area (Å²) in [7, 11) is 0. The average Bonchev–Trinajstić information content (AvgIpc) is 2.12. The molecule has 1 aromatic rings. The molecule has 4 N–H and O–H groups in total. The van der Waals surface area contributed by atoms with E-state index >= 15 is 0 Å². The molecule has 1 rings (SSSR count). The van der Waals surface area contributed by atoms with E-state index in [0.717, 1.165) is 0 Å². The van der Waals surface area contributed by atoms with E-state index in [-0.39, 0.29) is 17.5 Å². The van der Waals surface area contributed by atoms with Crippen LogP contribution >= 0.6 is 0 Å². The number of nitrogens with two attached hydrogens (primary N) is 1. The first-order valence-corrected chi connectivity index (χ1v) is 4.36. The van der Waals surface area contributed by atoms with Crippen LogP contribution in [0, 0.1) is 0 Å². The van der Waals surface area contributed by atoms with Crippen LogP contribution in [-0.4, -0.2) is 22.8 Å². The lowest BCUT2D eigenvalue weighted by molar-refractivity contribution is 0.0955. The van der Waals surface area contributed by atoms with Gasteiger partial charge in [-0.2, -0.15) is 0 Å². The summed E-state index contributed by atoms with van der Waals surface area (Å²) in [5, 5.41) is 2.87. The molecule has 0 saturated heterocycles. The second kappa shape index (κ2) is 4.61. The molecule has 0 aliphatic rings. The molecule has 0 bridgehead atoms. The van der Waals surface area contributed by atoms with Crippen molar-refractivity contribution in [1.82, 2.24) is 9.97 Å². The Labute approximate surface area is 81.5 Å². The SMILES string of the molecule is CCOC(C)Nc1ncc(N)c(=O)[nH]1. The van der Waals surface area contributed by atoms with Gasteiger partial charge in [0.1, 0.15) is 11.9 Å². The van der Waals surface area contributed by atoms with Crippen LogP contribution < -0.4 is 16.6 Å². The minimum Gasteiger partial charge on any atom is -0.393 e. The van der Waals surface area contributed by atoms with Crippen molar-refractivity contribution in [3.63, 3.8) is 0 Å². The number of hydrogen-bond donors (Lipinski definition) is 3. The summed E-state index contributed by atoms with van der Waals surface area (Å²) in [5.74, 6) is 0.352. The van der Waals surface area contributed by atoms with E-state index in [1.807, 2.05) is 13.8 Å². The number of rotatable bonds is 4. The van der Waals surface area contributed by atoms with E-state index in [9.17, 15) is 4.79 Å². The van der Waals surface area contributed by atoms with Crippen LogP contribution in [0.25, 0.3) is 0 Å². The van der Waals surface area contributed by atoms with Crippen molar-refractivity contribution in [3.8, 4) is 0 Å². The van der Waals surface area contributed by atoms with Gasteiger partial charge in [-0.15, -0.1) is 0 Å². The number of nitrogens with zero attached hydrogens (tertiary/aromatic N) is 1. The smallest absolute Gasteiger partial charge is 0.275 e. The number of anilines is 2. The Balaban J connectivity index is 2.68. The molecule has 0 aliphatic carbocycles. The largest absolute Gasteiger partial charge is 0.393 e. The van der Waals surface area contributed by atoms with Crippen molar-refractivity contribution in [2.45, 2.75) is 20.1 Å². The second-order valence-corrected chi connectivity index (χ2v) is 2.76. The predicted molar refractivity (Wildman–Crippen MR) is 54.0 cm³/mol. The van der Waals surface area contributed by atoms with Crippen LogP contribution in [0.15, 0.2) is 11.0 Å². The molecule has 78 valence electrons. The van der Waals surface area contributed by atoms with E-state index in [0.29, 0.717) is 12.6 Å². The van der Waals surface area contributed by atoms with E-state index < -0.39 is 0 Å². The maximum Gasteiger partial charge on any atom is 0.275 e. The van der Waals surface area contributed by atoms with Crippen LogP contribution in [0.1, 0.15) is 13.8 Å². The summed E-state index contributed by atoms with van der Waals surface area (Å²) >= 11 is 0. The lowest BCUT2D eigenvalue weighted by Gasteiger charge is -2.13. The first kappa shape index (κ1) is 10.5. The highest BCUT2D eigenvalue weighted by molar-refractivity contribution is 5.36. The summed E-state index contributed by atoms with van der Waals surface area (Å²) in [5.41, 5.74) is 5.05.